The van der Waals surface area contributed by atoms with Crippen molar-refractivity contribution in [3.63, 3.8) is 0 Å². The van der Waals surface area contributed by atoms with Gasteiger partial charge in [-0.3, -0.25) is 0 Å². The maximum absolute atomic E-state index is 9.25. The van der Waals surface area contributed by atoms with Crippen molar-refractivity contribution in [1.29, 1.82) is 0 Å². The van der Waals surface area contributed by atoms with Gasteiger partial charge in [-0.1, -0.05) is 0 Å². The molecule has 0 radical (unpaired) electrons. The molecule has 0 heterocycles. The van der Waals surface area contributed by atoms with Crippen LogP contribution in [0.25, 0.3) is 0 Å². The van der Waals surface area contributed by atoms with Crippen molar-refractivity contribution in [3.8, 4) is 0 Å². The molecule has 0 atom stereocenters. The van der Waals surface area contributed by atoms with Crippen molar-refractivity contribution >= 4 is 18.1 Å². The molecule has 0 saturated heterocycles. The van der Waals surface area contributed by atoms with Crippen molar-refractivity contribution in [2.24, 2.45) is 4.40 Å². The Morgan fingerprint density at radius 1 is 2.00 bits per heavy atom. The third-order valence-electron chi connectivity index (χ3n) is 0.148. The molecule has 5 heavy (non-hydrogen) atoms. The topological polar surface area (TPSA) is 29.4 Å². The first-order chi connectivity index (χ1) is 2.41. The Bertz CT molecular complexity index is 51.6. The molecule has 0 aromatic carbocycles. The third-order valence-corrected chi connectivity index (χ3v) is 0.445. The monoisotopic (exact) mass is 90.0 g/mol. The van der Waals surface area contributed by atoms with Crippen LogP contribution in [0, 0.1) is 0 Å². The molecule has 0 saturated carbocycles. The van der Waals surface area contributed by atoms with Crippen LogP contribution in [0.5, 0.6) is 0 Å². The van der Waals surface area contributed by atoms with Gasteiger partial charge in [-0.2, -0.15) is 0 Å². The lowest BCUT2D eigenvalue weighted by Gasteiger charge is -1.34. The largest absolute Gasteiger partial charge is 0.652 e. The molecule has 0 unspecified atom stereocenters. The zero-order valence-electron chi connectivity index (χ0n) is 2.84. The van der Waals surface area contributed by atoms with Gasteiger partial charge in [0.05, 0.1) is 14.8 Å². The Hall–Kier alpha value is -0.310. The molecule has 28 valence electrons. The summed E-state index contributed by atoms with van der Waals surface area (Å²) in [6, 6.07) is 0. The van der Waals surface area contributed by atoms with Crippen LogP contribution in [-0.4, -0.2) is 6.21 Å². The molecule has 0 bridgehead atoms. The fraction of sp³-hybridized carbons (Fsp3) is 0.500. The van der Waals surface area contributed by atoms with Gasteiger partial charge < -0.3 is 0 Å². The molecule has 3 heteroatoms. The highest BCUT2D eigenvalue weighted by Crippen LogP contribution is 1.50. The predicted octanol–water partition coefficient (Wildman–Crippen LogP) is 0.420. The minimum absolute atomic E-state index is 0.221. The van der Waals surface area contributed by atoms with Crippen molar-refractivity contribution in [1.82, 2.24) is 0 Å². The minimum Gasteiger partial charge on any atom is -0.0240 e. The van der Waals surface area contributed by atoms with Crippen LogP contribution in [0.1, 0.15) is 6.92 Å². The summed E-state index contributed by atoms with van der Waals surface area (Å²) in [4.78, 5) is 0. The zero-order chi connectivity index (χ0) is 4.12. The van der Waals surface area contributed by atoms with Crippen LogP contribution in [0.15, 0.2) is 4.40 Å². The normalized spacial score (nSPS) is 9.00. The summed E-state index contributed by atoms with van der Waals surface area (Å²) in [5, 5.41) is 0. The SMILES string of the molecule is CC=N[S+]=O. The molecule has 0 aromatic heterocycles. The first-order valence-electron chi connectivity index (χ1n) is 1.18. The van der Waals surface area contributed by atoms with Gasteiger partial charge in [-0.25, -0.2) is 0 Å². The Morgan fingerprint density at radius 3 is 2.60 bits per heavy atom. The highest BCUT2D eigenvalue weighted by Gasteiger charge is 1.75. The highest BCUT2D eigenvalue weighted by molar-refractivity contribution is 7.64. The maximum Gasteiger partial charge on any atom is 0.652 e. The molecule has 0 rings (SSSR count). The van der Waals surface area contributed by atoms with Crippen molar-refractivity contribution in [2.75, 3.05) is 0 Å². The quantitative estimate of drug-likeness (QED) is 0.260. The summed E-state index contributed by atoms with van der Waals surface area (Å²) < 4.78 is 12.5. The van der Waals surface area contributed by atoms with Crippen LogP contribution in [0.4, 0.5) is 0 Å². The van der Waals surface area contributed by atoms with E-state index in [2.05, 4.69) is 4.40 Å². The Kier molecular flexibility index (Phi) is 3.46. The smallest absolute Gasteiger partial charge is 0.0240 e. The second-order valence-corrected chi connectivity index (χ2v) is 0.798. The summed E-state index contributed by atoms with van der Waals surface area (Å²) in [6.07, 6.45) is 1.46. The van der Waals surface area contributed by atoms with E-state index in [0.29, 0.717) is 0 Å². The van der Waals surface area contributed by atoms with Gasteiger partial charge in [0.25, 0.3) is 0 Å². The minimum atomic E-state index is 0.221. The van der Waals surface area contributed by atoms with Crippen molar-refractivity contribution in [3.05, 3.63) is 0 Å². The summed E-state index contributed by atoms with van der Waals surface area (Å²) in [5.41, 5.74) is 0. The molecular weight excluding hydrogens is 86.1 g/mol. The average molecular weight is 90.1 g/mol. The van der Waals surface area contributed by atoms with E-state index in [0.717, 1.165) is 0 Å². The molecule has 0 aromatic rings. The van der Waals surface area contributed by atoms with E-state index in [4.69, 9.17) is 0 Å². The molecule has 0 fully saturated rings. The molecule has 0 spiro atoms. The summed E-state index contributed by atoms with van der Waals surface area (Å²) in [6.45, 7) is 1.70. The predicted molar refractivity (Wildman–Crippen MR) is 22.2 cm³/mol. The summed E-state index contributed by atoms with van der Waals surface area (Å²) in [7, 11) is 0. The van der Waals surface area contributed by atoms with Crippen LogP contribution in [-0.2, 0) is 16.1 Å². The van der Waals surface area contributed by atoms with E-state index in [9.17, 15) is 4.21 Å². The van der Waals surface area contributed by atoms with Gasteiger partial charge in [-0.05, 0) is 6.92 Å². The van der Waals surface area contributed by atoms with Gasteiger partial charge in [0.2, 0.25) is 0 Å². The third kappa shape index (κ3) is 3.69. The second kappa shape index (κ2) is 3.69. The molecule has 0 amide bonds. The van der Waals surface area contributed by atoms with Crippen LogP contribution < -0.4 is 0 Å². The molecule has 0 N–H and O–H groups in total. The van der Waals surface area contributed by atoms with Crippen LogP contribution in [0.3, 0.4) is 0 Å². The summed E-state index contributed by atoms with van der Waals surface area (Å²) in [5.74, 6) is 0. The van der Waals surface area contributed by atoms with Gasteiger partial charge in [0, 0.05) is 0 Å². The fourth-order valence-corrected chi connectivity index (χ4v) is 0.129. The lowest BCUT2D eigenvalue weighted by atomic mass is 10.9. The van der Waals surface area contributed by atoms with E-state index < -0.39 is 0 Å². The highest BCUT2D eigenvalue weighted by atomic mass is 32.2. The number of nitrogens with zero attached hydrogens (tertiary/aromatic N) is 1. The number of hydrogen-bond acceptors (Lipinski definition) is 1. The van der Waals surface area contributed by atoms with Crippen molar-refractivity contribution in [2.45, 2.75) is 6.92 Å². The first kappa shape index (κ1) is 4.69. The molecular formula is C2H4NOS+. The van der Waals surface area contributed by atoms with Gasteiger partial charge >= 0.3 is 11.9 Å². The van der Waals surface area contributed by atoms with Crippen LogP contribution in [0.2, 0.25) is 0 Å². The maximum atomic E-state index is 9.25. The summed E-state index contributed by atoms with van der Waals surface area (Å²) >= 11 is 0.221. The number of hydrogen-bond donors (Lipinski definition) is 0. The van der Waals surface area contributed by atoms with E-state index >= 15 is 0 Å². The fourth-order valence-electron chi connectivity index (χ4n) is 0.0430. The lowest BCUT2D eigenvalue weighted by molar-refractivity contribution is 0.606. The van der Waals surface area contributed by atoms with Gasteiger partial charge in [0.1, 0.15) is 0 Å². The van der Waals surface area contributed by atoms with E-state index in [1.165, 1.54) is 6.21 Å². The van der Waals surface area contributed by atoms with Gasteiger partial charge in [-0.15, -0.1) is 0 Å². The first-order valence-corrected chi connectivity index (χ1v) is 1.88. The Balaban J connectivity index is 2.92. The van der Waals surface area contributed by atoms with Crippen LogP contribution >= 0.6 is 0 Å². The zero-order valence-corrected chi connectivity index (χ0v) is 3.66. The molecule has 2 nitrogen and oxygen atoms in total. The van der Waals surface area contributed by atoms with E-state index in [-0.39, 0.29) is 11.9 Å². The molecule has 0 aliphatic carbocycles. The van der Waals surface area contributed by atoms with E-state index in [1.807, 2.05) is 0 Å². The lowest BCUT2D eigenvalue weighted by Crippen LogP contribution is -1.50. The molecule has 0 aliphatic rings. The van der Waals surface area contributed by atoms with Gasteiger partial charge in [0.15, 0.2) is 0 Å². The number of rotatable bonds is 1. The van der Waals surface area contributed by atoms with Crippen molar-refractivity contribution < 1.29 is 4.21 Å². The average Bonchev–Trinajstić information content (AvgIpc) is 1.41. The van der Waals surface area contributed by atoms with E-state index in [1.54, 1.807) is 6.92 Å². The Morgan fingerprint density at radius 2 is 2.60 bits per heavy atom. The standard InChI is InChI=1S/C2H4NOS/c1-2-3-5-4/h2H,1H3/q+1. The Labute approximate surface area is 34.5 Å². The second-order valence-electron chi connectivity index (χ2n) is 0.438. The molecule has 0 aliphatic heterocycles.